The van der Waals surface area contributed by atoms with Crippen LogP contribution in [-0.4, -0.2) is 21.7 Å². The lowest BCUT2D eigenvalue weighted by atomic mass is 10.1. The Bertz CT molecular complexity index is 566. The van der Waals surface area contributed by atoms with Gasteiger partial charge in [0.25, 0.3) is 5.91 Å². The zero-order chi connectivity index (χ0) is 10.4. The van der Waals surface area contributed by atoms with Crippen LogP contribution in [0.3, 0.4) is 0 Å². The van der Waals surface area contributed by atoms with Crippen LogP contribution >= 0.6 is 11.3 Å². The molecule has 15 heavy (non-hydrogen) atoms. The zero-order valence-electron chi connectivity index (χ0n) is 7.52. The number of fused-ring (bicyclic) bond motifs is 1. The molecule has 0 saturated heterocycles. The summed E-state index contributed by atoms with van der Waals surface area (Å²) in [7, 11) is 0. The average molecular weight is 218 g/mol. The Kier molecular flexibility index (Phi) is 1.58. The molecule has 74 valence electrons. The highest BCUT2D eigenvalue weighted by Gasteiger charge is 2.29. The number of amides is 1. The number of nitrogens with zero attached hydrogens (tertiary/aromatic N) is 1. The van der Waals surface area contributed by atoms with Crippen LogP contribution < -0.4 is 0 Å². The SMILES string of the molecule is O=C1N=C(c2cccs2)c2c1c[nH]c2O. The van der Waals surface area contributed by atoms with Gasteiger partial charge in [-0.15, -0.1) is 11.3 Å². The van der Waals surface area contributed by atoms with Crippen molar-refractivity contribution in [2.24, 2.45) is 4.99 Å². The van der Waals surface area contributed by atoms with E-state index in [2.05, 4.69) is 9.98 Å². The number of H-pyrrole nitrogens is 1. The van der Waals surface area contributed by atoms with Crippen molar-refractivity contribution in [1.82, 2.24) is 4.98 Å². The summed E-state index contributed by atoms with van der Waals surface area (Å²) >= 11 is 1.49. The molecule has 4 nitrogen and oxygen atoms in total. The van der Waals surface area contributed by atoms with Gasteiger partial charge in [0, 0.05) is 6.20 Å². The Labute approximate surface area is 88.9 Å². The van der Waals surface area contributed by atoms with Crippen LogP contribution in [0, 0.1) is 0 Å². The second-order valence-electron chi connectivity index (χ2n) is 3.17. The third-order valence-electron chi connectivity index (χ3n) is 2.29. The summed E-state index contributed by atoms with van der Waals surface area (Å²) in [5.41, 5.74) is 1.52. The number of aromatic hydroxyl groups is 1. The van der Waals surface area contributed by atoms with Crippen LogP contribution in [0.1, 0.15) is 20.8 Å². The standard InChI is InChI=1S/C10H6N2O2S/c13-9-5-4-11-10(14)7(5)8(12-9)6-2-1-3-15-6/h1-4,11,14H. The number of hydrogen-bond acceptors (Lipinski definition) is 3. The maximum Gasteiger partial charge on any atom is 0.279 e. The van der Waals surface area contributed by atoms with Crippen molar-refractivity contribution in [3.8, 4) is 5.88 Å². The van der Waals surface area contributed by atoms with Gasteiger partial charge < -0.3 is 10.1 Å². The van der Waals surface area contributed by atoms with E-state index in [9.17, 15) is 9.90 Å². The molecule has 0 radical (unpaired) electrons. The number of nitrogens with one attached hydrogen (secondary N) is 1. The lowest BCUT2D eigenvalue weighted by Gasteiger charge is -1.96. The van der Waals surface area contributed by atoms with Gasteiger partial charge in [-0.25, -0.2) is 4.99 Å². The number of carbonyl (C=O) groups excluding carboxylic acids is 1. The topological polar surface area (TPSA) is 65.5 Å². The summed E-state index contributed by atoms with van der Waals surface area (Å²) in [5.74, 6) is -0.298. The first-order chi connectivity index (χ1) is 7.27. The Morgan fingerprint density at radius 2 is 2.33 bits per heavy atom. The normalized spacial score (nSPS) is 14.1. The molecule has 0 unspecified atom stereocenters. The van der Waals surface area contributed by atoms with Crippen LogP contribution in [0.15, 0.2) is 28.7 Å². The van der Waals surface area contributed by atoms with E-state index in [0.717, 1.165) is 4.88 Å². The highest BCUT2D eigenvalue weighted by atomic mass is 32.1. The Balaban J connectivity index is 2.25. The van der Waals surface area contributed by atoms with E-state index in [1.165, 1.54) is 17.5 Å². The van der Waals surface area contributed by atoms with Crippen molar-refractivity contribution < 1.29 is 9.90 Å². The summed E-state index contributed by atoms with van der Waals surface area (Å²) < 4.78 is 0. The smallest absolute Gasteiger partial charge is 0.279 e. The molecular weight excluding hydrogens is 212 g/mol. The van der Waals surface area contributed by atoms with Gasteiger partial charge in [0.1, 0.15) is 0 Å². The predicted molar refractivity (Wildman–Crippen MR) is 56.7 cm³/mol. The number of thiophene rings is 1. The summed E-state index contributed by atoms with van der Waals surface area (Å²) in [6, 6.07) is 3.76. The largest absolute Gasteiger partial charge is 0.494 e. The number of aromatic amines is 1. The molecule has 0 bridgehead atoms. The third-order valence-corrected chi connectivity index (χ3v) is 3.17. The highest BCUT2D eigenvalue weighted by molar-refractivity contribution is 7.12. The first-order valence-electron chi connectivity index (χ1n) is 4.35. The monoisotopic (exact) mass is 218 g/mol. The van der Waals surface area contributed by atoms with E-state index in [0.29, 0.717) is 16.8 Å². The van der Waals surface area contributed by atoms with E-state index < -0.39 is 0 Å². The van der Waals surface area contributed by atoms with Crippen molar-refractivity contribution in [1.29, 1.82) is 0 Å². The number of aromatic nitrogens is 1. The van der Waals surface area contributed by atoms with E-state index in [1.807, 2.05) is 17.5 Å². The van der Waals surface area contributed by atoms with E-state index >= 15 is 0 Å². The number of hydrogen-bond donors (Lipinski definition) is 2. The molecule has 3 heterocycles. The number of rotatable bonds is 1. The van der Waals surface area contributed by atoms with Gasteiger partial charge in [-0.1, -0.05) is 6.07 Å². The molecule has 0 fully saturated rings. The molecule has 0 saturated carbocycles. The maximum absolute atomic E-state index is 11.5. The molecule has 3 rings (SSSR count). The number of aliphatic imine (C=N–C) groups is 1. The quantitative estimate of drug-likeness (QED) is 0.766. The first kappa shape index (κ1) is 8.43. The zero-order valence-corrected chi connectivity index (χ0v) is 8.34. The first-order valence-corrected chi connectivity index (χ1v) is 5.23. The van der Waals surface area contributed by atoms with Crippen molar-refractivity contribution >= 4 is 23.0 Å². The minimum Gasteiger partial charge on any atom is -0.494 e. The van der Waals surface area contributed by atoms with E-state index in [4.69, 9.17) is 0 Å². The highest BCUT2D eigenvalue weighted by Crippen LogP contribution is 2.31. The van der Waals surface area contributed by atoms with E-state index in [-0.39, 0.29) is 11.8 Å². The van der Waals surface area contributed by atoms with E-state index in [1.54, 1.807) is 0 Å². The predicted octanol–water partition coefficient (Wildman–Crippen LogP) is 1.77. The van der Waals surface area contributed by atoms with Gasteiger partial charge in [0.05, 0.1) is 21.7 Å². The lowest BCUT2D eigenvalue weighted by molar-refractivity contribution is 0.101. The maximum atomic E-state index is 11.5. The van der Waals surface area contributed by atoms with Crippen LogP contribution in [0.2, 0.25) is 0 Å². The molecule has 5 heteroatoms. The molecule has 1 aliphatic heterocycles. The van der Waals surface area contributed by atoms with Gasteiger partial charge in [-0.2, -0.15) is 0 Å². The lowest BCUT2D eigenvalue weighted by Crippen LogP contribution is -1.96. The molecule has 2 aromatic heterocycles. The molecule has 0 spiro atoms. The van der Waals surface area contributed by atoms with Crippen molar-refractivity contribution in [3.63, 3.8) is 0 Å². The Morgan fingerprint density at radius 1 is 1.47 bits per heavy atom. The summed E-state index contributed by atoms with van der Waals surface area (Å²) in [5, 5.41) is 11.5. The fraction of sp³-hybridized carbons (Fsp3) is 0. The third kappa shape index (κ3) is 1.07. The molecule has 2 aromatic rings. The minimum atomic E-state index is -0.301. The summed E-state index contributed by atoms with van der Waals surface area (Å²) in [6.07, 6.45) is 1.48. The fourth-order valence-electron chi connectivity index (χ4n) is 1.63. The Hall–Kier alpha value is -1.88. The molecule has 0 aliphatic carbocycles. The van der Waals surface area contributed by atoms with Crippen molar-refractivity contribution in [3.05, 3.63) is 39.7 Å². The molecule has 0 aromatic carbocycles. The molecule has 1 aliphatic rings. The Morgan fingerprint density at radius 3 is 3.07 bits per heavy atom. The second-order valence-corrected chi connectivity index (χ2v) is 4.12. The van der Waals surface area contributed by atoms with Crippen molar-refractivity contribution in [2.75, 3.05) is 0 Å². The van der Waals surface area contributed by atoms with Crippen molar-refractivity contribution in [2.45, 2.75) is 0 Å². The molecule has 0 atom stereocenters. The van der Waals surface area contributed by atoms with Crippen LogP contribution in [0.25, 0.3) is 0 Å². The van der Waals surface area contributed by atoms with Gasteiger partial charge in [-0.05, 0) is 11.4 Å². The number of carbonyl (C=O) groups is 1. The van der Waals surface area contributed by atoms with Crippen LogP contribution in [-0.2, 0) is 0 Å². The van der Waals surface area contributed by atoms with Crippen LogP contribution in [0.4, 0.5) is 0 Å². The molecular formula is C10H6N2O2S. The van der Waals surface area contributed by atoms with Crippen LogP contribution in [0.5, 0.6) is 5.88 Å². The minimum absolute atomic E-state index is 0.00278. The fourth-order valence-corrected chi connectivity index (χ4v) is 2.35. The van der Waals surface area contributed by atoms with Gasteiger partial charge in [-0.3, -0.25) is 4.79 Å². The van der Waals surface area contributed by atoms with Gasteiger partial charge >= 0.3 is 0 Å². The molecule has 2 N–H and O–H groups in total. The summed E-state index contributed by atoms with van der Waals surface area (Å²) in [4.78, 5) is 18.9. The molecule has 1 amide bonds. The van der Waals surface area contributed by atoms with Gasteiger partial charge in [0.2, 0.25) is 0 Å². The summed E-state index contributed by atoms with van der Waals surface area (Å²) in [6.45, 7) is 0. The van der Waals surface area contributed by atoms with Gasteiger partial charge in [0.15, 0.2) is 5.88 Å². The second kappa shape index (κ2) is 2.80. The average Bonchev–Trinajstić information content (AvgIpc) is 2.86.